The van der Waals surface area contributed by atoms with Crippen molar-refractivity contribution in [2.24, 2.45) is 5.92 Å². The van der Waals surface area contributed by atoms with E-state index in [4.69, 9.17) is 4.74 Å². The minimum atomic E-state index is -6.64. The monoisotopic (exact) mass is 411 g/mol. The number of carbonyl (C=O) groups excluding carboxylic acids is 2. The van der Waals surface area contributed by atoms with Gasteiger partial charge in [0, 0.05) is 0 Å². The Labute approximate surface area is 152 Å². The fraction of sp³-hybridized carbons (Fsp3) is 0.875. The van der Waals surface area contributed by atoms with E-state index in [1.807, 2.05) is 6.92 Å². The predicted octanol–water partition coefficient (Wildman–Crippen LogP) is 4.47. The first-order chi connectivity index (χ1) is 12.2. The van der Waals surface area contributed by atoms with Crippen LogP contribution in [0.3, 0.4) is 0 Å². The summed E-state index contributed by atoms with van der Waals surface area (Å²) in [5.74, 6) is -17.6. The average molecular weight is 411 g/mol. The van der Waals surface area contributed by atoms with Crippen LogP contribution in [-0.2, 0) is 14.3 Å². The number of hydrogen-bond donors (Lipinski definition) is 1. The maximum atomic E-state index is 13.4. The highest BCUT2D eigenvalue weighted by Crippen LogP contribution is 2.46. The van der Waals surface area contributed by atoms with Crippen molar-refractivity contribution in [2.45, 2.75) is 76.9 Å². The van der Waals surface area contributed by atoms with Crippen LogP contribution in [0.5, 0.6) is 0 Å². The Morgan fingerprint density at radius 3 is 1.89 bits per heavy atom. The number of alkyl halides is 7. The zero-order valence-corrected chi connectivity index (χ0v) is 15.3. The molecule has 1 N–H and O–H groups in total. The maximum Gasteiger partial charge on any atom is 0.460 e. The van der Waals surface area contributed by atoms with Gasteiger partial charge in [-0.25, -0.2) is 4.79 Å². The van der Waals surface area contributed by atoms with Gasteiger partial charge in [0.25, 0.3) is 5.91 Å². The quantitative estimate of drug-likeness (QED) is 0.310. The normalized spacial score (nSPS) is 14.2. The van der Waals surface area contributed by atoms with E-state index in [2.05, 4.69) is 0 Å². The topological polar surface area (TPSA) is 55.4 Å². The summed E-state index contributed by atoms with van der Waals surface area (Å²) in [6.45, 7) is 4.48. The Hall–Kier alpha value is -1.55. The van der Waals surface area contributed by atoms with E-state index in [0.717, 1.165) is 25.7 Å². The number of carbonyl (C=O) groups is 2. The second-order valence-electron chi connectivity index (χ2n) is 6.42. The molecule has 1 atom stereocenters. The van der Waals surface area contributed by atoms with Crippen LogP contribution in [-0.4, -0.2) is 42.5 Å². The SMILES string of the molecule is CCCCCCCOC(=O)C(NC(=O)C(F)(F)C(F)(F)C(F)(F)F)C(C)C. The van der Waals surface area contributed by atoms with Gasteiger partial charge in [-0.2, -0.15) is 30.7 Å². The summed E-state index contributed by atoms with van der Waals surface area (Å²) < 4.78 is 93.8. The number of unbranched alkanes of at least 4 members (excludes halogenated alkanes) is 4. The van der Waals surface area contributed by atoms with Gasteiger partial charge in [0.05, 0.1) is 6.61 Å². The Morgan fingerprint density at radius 1 is 0.926 bits per heavy atom. The summed E-state index contributed by atoms with van der Waals surface area (Å²) in [6, 6.07) is -1.79. The summed E-state index contributed by atoms with van der Waals surface area (Å²) in [5, 5.41) is 1.25. The lowest BCUT2D eigenvalue weighted by molar-refractivity contribution is -0.344. The van der Waals surface area contributed by atoms with Crippen LogP contribution < -0.4 is 5.32 Å². The highest BCUT2D eigenvalue weighted by molar-refractivity contribution is 5.89. The molecule has 0 heterocycles. The zero-order chi connectivity index (χ0) is 21.5. The first kappa shape index (κ1) is 25.4. The number of amides is 1. The highest BCUT2D eigenvalue weighted by atomic mass is 19.4. The second kappa shape index (κ2) is 10.1. The van der Waals surface area contributed by atoms with Gasteiger partial charge in [-0.05, 0) is 12.3 Å². The fourth-order valence-electron chi connectivity index (χ4n) is 2.02. The van der Waals surface area contributed by atoms with Gasteiger partial charge in [-0.1, -0.05) is 46.5 Å². The Kier molecular flexibility index (Phi) is 9.54. The summed E-state index contributed by atoms with van der Waals surface area (Å²) >= 11 is 0. The molecule has 0 bridgehead atoms. The van der Waals surface area contributed by atoms with Crippen LogP contribution in [0.1, 0.15) is 52.9 Å². The molecular weight excluding hydrogens is 387 g/mol. The van der Waals surface area contributed by atoms with E-state index in [0.29, 0.717) is 6.42 Å². The fourth-order valence-corrected chi connectivity index (χ4v) is 2.02. The van der Waals surface area contributed by atoms with Gasteiger partial charge in [0.1, 0.15) is 6.04 Å². The smallest absolute Gasteiger partial charge is 0.460 e. The van der Waals surface area contributed by atoms with E-state index in [1.165, 1.54) is 19.2 Å². The molecule has 0 aliphatic rings. The van der Waals surface area contributed by atoms with Crippen molar-refractivity contribution >= 4 is 11.9 Å². The molecule has 1 amide bonds. The molecule has 0 aromatic carbocycles. The number of rotatable bonds is 11. The van der Waals surface area contributed by atoms with Crippen molar-refractivity contribution in [2.75, 3.05) is 6.61 Å². The summed E-state index contributed by atoms with van der Waals surface area (Å²) in [4.78, 5) is 23.3. The van der Waals surface area contributed by atoms with Crippen LogP contribution in [0.25, 0.3) is 0 Å². The van der Waals surface area contributed by atoms with Crippen molar-refractivity contribution in [3.05, 3.63) is 0 Å². The van der Waals surface area contributed by atoms with Gasteiger partial charge >= 0.3 is 24.0 Å². The van der Waals surface area contributed by atoms with Gasteiger partial charge < -0.3 is 10.1 Å². The molecule has 0 aliphatic heterocycles. The van der Waals surface area contributed by atoms with Gasteiger partial charge in [-0.3, -0.25) is 4.79 Å². The molecule has 0 aromatic heterocycles. The van der Waals surface area contributed by atoms with Crippen molar-refractivity contribution in [1.82, 2.24) is 5.32 Å². The van der Waals surface area contributed by atoms with E-state index in [-0.39, 0.29) is 6.61 Å². The van der Waals surface area contributed by atoms with Crippen molar-refractivity contribution in [3.63, 3.8) is 0 Å². The third-order valence-electron chi connectivity index (χ3n) is 3.73. The number of hydrogen-bond acceptors (Lipinski definition) is 3. The molecule has 0 spiro atoms. The second-order valence-corrected chi connectivity index (χ2v) is 6.42. The number of ether oxygens (including phenoxy) is 1. The molecule has 0 fully saturated rings. The Bertz CT molecular complexity index is 493. The standard InChI is InChI=1S/C16H24F7NO3/c1-4-5-6-7-8-9-27-12(25)11(10(2)3)24-13(26)14(17,18)15(19,20)16(21,22)23/h10-11H,4-9H2,1-3H3,(H,24,26). The molecule has 11 heteroatoms. The number of esters is 1. The lowest BCUT2D eigenvalue weighted by atomic mass is 10.0. The summed E-state index contributed by atoms with van der Waals surface area (Å²) in [7, 11) is 0. The number of nitrogens with one attached hydrogen (secondary N) is 1. The number of halogens is 7. The molecule has 1 unspecified atom stereocenters. The van der Waals surface area contributed by atoms with Crippen molar-refractivity contribution < 1.29 is 45.1 Å². The molecular formula is C16H24F7NO3. The summed E-state index contributed by atoms with van der Waals surface area (Å²) in [6.07, 6.45) is -2.60. The highest BCUT2D eigenvalue weighted by Gasteiger charge is 2.76. The van der Waals surface area contributed by atoms with E-state index < -0.39 is 41.9 Å². The van der Waals surface area contributed by atoms with Crippen LogP contribution in [0.4, 0.5) is 30.7 Å². The minimum Gasteiger partial charge on any atom is -0.464 e. The molecule has 0 aromatic rings. The summed E-state index contributed by atoms with van der Waals surface area (Å²) in [5.41, 5.74) is 0. The van der Waals surface area contributed by atoms with Crippen LogP contribution >= 0.6 is 0 Å². The lowest BCUT2D eigenvalue weighted by Crippen LogP contribution is -2.62. The van der Waals surface area contributed by atoms with Crippen molar-refractivity contribution in [3.8, 4) is 0 Å². The Balaban J connectivity index is 4.94. The third-order valence-corrected chi connectivity index (χ3v) is 3.73. The van der Waals surface area contributed by atoms with Gasteiger partial charge in [0.2, 0.25) is 0 Å². The Morgan fingerprint density at radius 2 is 1.44 bits per heavy atom. The molecule has 0 aliphatic carbocycles. The first-order valence-electron chi connectivity index (χ1n) is 8.50. The van der Waals surface area contributed by atoms with Crippen molar-refractivity contribution in [1.29, 1.82) is 0 Å². The molecule has 0 saturated heterocycles. The van der Waals surface area contributed by atoms with E-state index in [9.17, 15) is 40.3 Å². The molecule has 27 heavy (non-hydrogen) atoms. The molecule has 160 valence electrons. The van der Waals surface area contributed by atoms with E-state index in [1.54, 1.807) is 0 Å². The third kappa shape index (κ3) is 6.84. The van der Waals surface area contributed by atoms with Gasteiger partial charge in [-0.15, -0.1) is 0 Å². The van der Waals surface area contributed by atoms with Crippen LogP contribution in [0, 0.1) is 5.92 Å². The molecule has 0 rings (SSSR count). The largest absolute Gasteiger partial charge is 0.464 e. The predicted molar refractivity (Wildman–Crippen MR) is 82.4 cm³/mol. The van der Waals surface area contributed by atoms with Crippen LogP contribution in [0.2, 0.25) is 0 Å². The average Bonchev–Trinajstić information content (AvgIpc) is 2.53. The van der Waals surface area contributed by atoms with Crippen LogP contribution in [0.15, 0.2) is 0 Å². The molecule has 4 nitrogen and oxygen atoms in total. The first-order valence-corrected chi connectivity index (χ1v) is 8.50. The van der Waals surface area contributed by atoms with Gasteiger partial charge in [0.15, 0.2) is 0 Å². The minimum absolute atomic E-state index is 0.0866. The zero-order valence-electron chi connectivity index (χ0n) is 15.3. The molecule has 0 saturated carbocycles. The lowest BCUT2D eigenvalue weighted by Gasteiger charge is -2.29. The molecule has 0 radical (unpaired) electrons. The maximum absolute atomic E-state index is 13.4. The van der Waals surface area contributed by atoms with E-state index >= 15 is 0 Å².